The molecule has 1 aliphatic carbocycles. The van der Waals surface area contributed by atoms with Crippen molar-refractivity contribution in [3.05, 3.63) is 95.1 Å². The van der Waals surface area contributed by atoms with Crippen LogP contribution in [0.4, 0.5) is 5.69 Å². The van der Waals surface area contributed by atoms with Gasteiger partial charge in [-0.2, -0.15) is 0 Å². The van der Waals surface area contributed by atoms with Crippen molar-refractivity contribution in [1.82, 2.24) is 4.90 Å². The lowest BCUT2D eigenvalue weighted by atomic mass is 9.93. The number of hydrogen-bond acceptors (Lipinski definition) is 3. The van der Waals surface area contributed by atoms with Crippen LogP contribution < -0.4 is 4.31 Å². The quantitative estimate of drug-likeness (QED) is 0.443. The summed E-state index contributed by atoms with van der Waals surface area (Å²) in [6.45, 7) is 4.43. The van der Waals surface area contributed by atoms with Gasteiger partial charge in [-0.1, -0.05) is 48.5 Å². The highest BCUT2D eigenvalue weighted by atomic mass is 35.5. The van der Waals surface area contributed by atoms with Crippen LogP contribution in [0.25, 0.3) is 0 Å². The molecule has 0 N–H and O–H groups in total. The number of nitrogens with zero attached hydrogens (tertiary/aromatic N) is 2. The van der Waals surface area contributed by atoms with Gasteiger partial charge < -0.3 is 0 Å². The molecular formula is C27H31ClN2O2S. The molecule has 0 bridgehead atoms. The summed E-state index contributed by atoms with van der Waals surface area (Å²) in [7, 11) is -3.62. The third-order valence-corrected chi connectivity index (χ3v) is 8.69. The van der Waals surface area contributed by atoms with Crippen LogP contribution in [0, 0.1) is 6.92 Å². The van der Waals surface area contributed by atoms with Crippen molar-refractivity contribution in [2.24, 2.45) is 0 Å². The summed E-state index contributed by atoms with van der Waals surface area (Å²) < 4.78 is 28.7. The lowest BCUT2D eigenvalue weighted by Crippen LogP contribution is -2.38. The standard InChI is InChI=1S/C27H30N2O2S.ClH/c1-21-8-5-11-24(20-21)29(32(30,31)25-12-3-2-4-13-25)18-7-17-28-19-16-23-10-6-9-22-14-15-26(28)27(22)23;/h2-6,8-13,20,26H,7,14-19H2,1H3;1H. The normalized spacial score (nSPS) is 17.3. The Labute approximate surface area is 203 Å². The summed E-state index contributed by atoms with van der Waals surface area (Å²) >= 11 is 0. The van der Waals surface area contributed by atoms with Gasteiger partial charge in [0.25, 0.3) is 10.0 Å². The van der Waals surface area contributed by atoms with Crippen LogP contribution in [-0.2, 0) is 22.9 Å². The molecule has 1 heterocycles. The molecule has 0 saturated carbocycles. The average Bonchev–Trinajstić information content (AvgIpc) is 3.24. The third kappa shape index (κ3) is 4.68. The largest absolute Gasteiger partial charge is 0.296 e. The summed E-state index contributed by atoms with van der Waals surface area (Å²) in [6, 6.07) is 23.8. The predicted octanol–water partition coefficient (Wildman–Crippen LogP) is 5.55. The molecule has 3 aromatic rings. The van der Waals surface area contributed by atoms with Crippen molar-refractivity contribution < 1.29 is 8.42 Å². The van der Waals surface area contributed by atoms with Gasteiger partial charge >= 0.3 is 0 Å². The highest BCUT2D eigenvalue weighted by Gasteiger charge is 2.33. The number of rotatable bonds is 7. The van der Waals surface area contributed by atoms with Gasteiger partial charge in [-0.25, -0.2) is 8.42 Å². The van der Waals surface area contributed by atoms with Crippen LogP contribution in [0.2, 0.25) is 0 Å². The van der Waals surface area contributed by atoms with Crippen LogP contribution in [0.15, 0.2) is 77.7 Å². The van der Waals surface area contributed by atoms with Crippen molar-refractivity contribution in [3.8, 4) is 0 Å². The maximum absolute atomic E-state index is 13.5. The Kier molecular flexibility index (Phi) is 7.13. The van der Waals surface area contributed by atoms with Gasteiger partial charge in [-0.05, 0) is 79.1 Å². The molecule has 4 nitrogen and oxygen atoms in total. The average molecular weight is 483 g/mol. The molecule has 1 unspecified atom stereocenters. The fourth-order valence-electron chi connectivity index (χ4n) is 5.33. The summed E-state index contributed by atoms with van der Waals surface area (Å²) in [6.07, 6.45) is 4.22. The van der Waals surface area contributed by atoms with Crippen molar-refractivity contribution >= 4 is 28.1 Å². The van der Waals surface area contributed by atoms with Gasteiger partial charge in [-0.15, -0.1) is 12.4 Å². The topological polar surface area (TPSA) is 40.6 Å². The van der Waals surface area contributed by atoms with E-state index in [0.29, 0.717) is 17.5 Å². The van der Waals surface area contributed by atoms with Crippen LogP contribution in [0.1, 0.15) is 41.1 Å². The van der Waals surface area contributed by atoms with E-state index in [1.54, 1.807) is 34.1 Å². The second-order valence-electron chi connectivity index (χ2n) is 8.91. The number of halogens is 1. The fraction of sp³-hybridized carbons (Fsp3) is 0.333. The zero-order chi connectivity index (χ0) is 22.1. The third-order valence-electron chi connectivity index (χ3n) is 6.84. The Morgan fingerprint density at radius 2 is 1.67 bits per heavy atom. The van der Waals surface area contributed by atoms with Crippen LogP contribution in [-0.4, -0.2) is 33.0 Å². The molecule has 0 spiro atoms. The SMILES string of the molecule is Cc1cccc(N(CCCN2CCc3cccc4c3C2CC4)S(=O)(=O)c2ccccc2)c1.Cl. The second-order valence-corrected chi connectivity index (χ2v) is 10.8. The maximum atomic E-state index is 13.5. The van der Waals surface area contributed by atoms with E-state index in [0.717, 1.165) is 43.6 Å². The molecule has 0 amide bonds. The Hall–Kier alpha value is -2.34. The number of sulfonamides is 1. The smallest absolute Gasteiger partial charge is 0.264 e. The molecule has 2 aliphatic rings. The lowest BCUT2D eigenvalue weighted by Gasteiger charge is -2.35. The molecule has 6 heteroatoms. The number of benzene rings is 3. The van der Waals surface area contributed by atoms with Crippen molar-refractivity contribution in [2.45, 2.75) is 43.5 Å². The zero-order valence-electron chi connectivity index (χ0n) is 19.0. The minimum Gasteiger partial charge on any atom is -0.296 e. The minimum absolute atomic E-state index is 0. The molecule has 0 fully saturated rings. The highest BCUT2D eigenvalue weighted by molar-refractivity contribution is 7.92. The van der Waals surface area contributed by atoms with Crippen LogP contribution >= 0.6 is 12.4 Å². The second kappa shape index (κ2) is 9.88. The van der Waals surface area contributed by atoms with Crippen molar-refractivity contribution in [3.63, 3.8) is 0 Å². The Morgan fingerprint density at radius 1 is 0.939 bits per heavy atom. The molecule has 1 aliphatic heterocycles. The zero-order valence-corrected chi connectivity index (χ0v) is 20.6. The van der Waals surface area contributed by atoms with Crippen LogP contribution in [0.3, 0.4) is 0 Å². The van der Waals surface area contributed by atoms with Gasteiger partial charge in [0.2, 0.25) is 0 Å². The molecule has 0 radical (unpaired) electrons. The van der Waals surface area contributed by atoms with E-state index in [9.17, 15) is 8.42 Å². The van der Waals surface area contributed by atoms with Gasteiger partial charge in [0.15, 0.2) is 0 Å². The molecule has 1 atom stereocenters. The fourth-order valence-corrected chi connectivity index (χ4v) is 6.84. The molecule has 0 aromatic heterocycles. The van der Waals surface area contributed by atoms with E-state index >= 15 is 0 Å². The number of aryl methyl sites for hydroxylation is 2. The minimum atomic E-state index is -3.62. The van der Waals surface area contributed by atoms with E-state index in [4.69, 9.17) is 0 Å². The first-order valence-electron chi connectivity index (χ1n) is 11.5. The summed E-state index contributed by atoms with van der Waals surface area (Å²) in [4.78, 5) is 2.91. The van der Waals surface area contributed by atoms with Crippen molar-refractivity contribution in [1.29, 1.82) is 0 Å². The van der Waals surface area contributed by atoms with Gasteiger partial charge in [0.05, 0.1) is 10.6 Å². The Balaban J connectivity index is 0.00000259. The first kappa shape index (κ1) is 23.8. The van der Waals surface area contributed by atoms with E-state index in [2.05, 4.69) is 23.1 Å². The highest BCUT2D eigenvalue weighted by Crippen LogP contribution is 2.41. The van der Waals surface area contributed by atoms with E-state index < -0.39 is 10.0 Å². The number of anilines is 1. The van der Waals surface area contributed by atoms with Crippen molar-refractivity contribution in [2.75, 3.05) is 23.9 Å². The summed E-state index contributed by atoms with van der Waals surface area (Å²) in [5, 5.41) is 0. The van der Waals surface area contributed by atoms with E-state index in [1.807, 2.05) is 37.3 Å². The molecule has 33 heavy (non-hydrogen) atoms. The molecule has 0 saturated heterocycles. The van der Waals surface area contributed by atoms with E-state index in [-0.39, 0.29) is 12.4 Å². The summed E-state index contributed by atoms with van der Waals surface area (Å²) in [5.74, 6) is 0. The maximum Gasteiger partial charge on any atom is 0.264 e. The Bertz CT molecular complexity index is 1210. The monoisotopic (exact) mass is 482 g/mol. The van der Waals surface area contributed by atoms with Gasteiger partial charge in [0, 0.05) is 25.7 Å². The number of hydrogen-bond donors (Lipinski definition) is 0. The molecule has 5 rings (SSSR count). The lowest BCUT2D eigenvalue weighted by molar-refractivity contribution is 0.185. The first-order valence-corrected chi connectivity index (χ1v) is 13.0. The predicted molar refractivity (Wildman–Crippen MR) is 137 cm³/mol. The molecular weight excluding hydrogens is 452 g/mol. The first-order chi connectivity index (χ1) is 15.5. The molecule has 174 valence electrons. The Morgan fingerprint density at radius 3 is 2.42 bits per heavy atom. The van der Waals surface area contributed by atoms with Crippen LogP contribution in [0.5, 0.6) is 0 Å². The van der Waals surface area contributed by atoms with Gasteiger partial charge in [-0.3, -0.25) is 9.21 Å². The summed E-state index contributed by atoms with van der Waals surface area (Å²) in [5.41, 5.74) is 6.36. The van der Waals surface area contributed by atoms with E-state index in [1.165, 1.54) is 17.5 Å². The van der Waals surface area contributed by atoms with Gasteiger partial charge in [0.1, 0.15) is 0 Å². The molecule has 3 aromatic carbocycles.